The van der Waals surface area contributed by atoms with Gasteiger partial charge in [0.1, 0.15) is 6.33 Å². The lowest BCUT2D eigenvalue weighted by Gasteiger charge is -2.39. The number of hydrogen-bond acceptors (Lipinski definition) is 8. The molecule has 2 aliphatic rings. The van der Waals surface area contributed by atoms with Crippen molar-refractivity contribution in [2.45, 2.75) is 102 Å². The molecule has 7 rings (SSSR count). The fraction of sp³-hybridized carbons (Fsp3) is 0.457. The molecule has 11 nitrogen and oxygen atoms in total. The Hall–Kier alpha value is -4.35. The van der Waals surface area contributed by atoms with Gasteiger partial charge in [0, 0.05) is 23.6 Å². The Balaban J connectivity index is 1.19. The molecule has 240 valence electrons. The molecule has 1 spiro atoms. The lowest BCUT2D eigenvalue weighted by atomic mass is 9.80. The number of aryl methyl sites for hydroxylation is 1. The zero-order chi connectivity index (χ0) is 32.1. The number of benzene rings is 2. The van der Waals surface area contributed by atoms with Crippen molar-refractivity contribution < 1.29 is 14.4 Å². The maximum atomic E-state index is 14.4. The first-order valence-electron chi connectivity index (χ1n) is 16.3. The molecule has 1 aliphatic carbocycles. The number of aliphatic hydroxyl groups is 1. The number of hydrogen-bond donors (Lipinski definition) is 2. The molecule has 3 aromatic heterocycles. The number of H-pyrrole nitrogens is 1. The summed E-state index contributed by atoms with van der Waals surface area (Å²) in [6.45, 7) is 5.74. The zero-order valence-corrected chi connectivity index (χ0v) is 26.5. The van der Waals surface area contributed by atoms with Crippen LogP contribution in [0.5, 0.6) is 0 Å². The lowest BCUT2D eigenvalue weighted by Crippen LogP contribution is -2.42. The molecule has 0 bridgehead atoms. The third-order valence-electron chi connectivity index (χ3n) is 9.86. The first-order chi connectivity index (χ1) is 22.2. The Morgan fingerprint density at radius 2 is 1.74 bits per heavy atom. The van der Waals surface area contributed by atoms with Crippen molar-refractivity contribution in [1.82, 2.24) is 29.3 Å². The Morgan fingerprint density at radius 1 is 1.02 bits per heavy atom. The van der Waals surface area contributed by atoms with E-state index in [1.54, 1.807) is 6.33 Å². The van der Waals surface area contributed by atoms with Gasteiger partial charge in [0.25, 0.3) is 5.56 Å². The molecule has 11 heteroatoms. The van der Waals surface area contributed by atoms with Gasteiger partial charge in [0.05, 0.1) is 23.0 Å². The van der Waals surface area contributed by atoms with Crippen LogP contribution in [0.1, 0.15) is 88.6 Å². The highest BCUT2D eigenvalue weighted by Gasteiger charge is 2.47. The van der Waals surface area contributed by atoms with Gasteiger partial charge in [-0.15, -0.1) is 0 Å². The van der Waals surface area contributed by atoms with Crippen molar-refractivity contribution in [3.63, 3.8) is 0 Å². The van der Waals surface area contributed by atoms with Crippen LogP contribution in [0.4, 0.5) is 0 Å². The quantitative estimate of drug-likeness (QED) is 0.239. The van der Waals surface area contributed by atoms with E-state index in [4.69, 9.17) is 9.26 Å². The number of aromatic amines is 1. The molecule has 1 aliphatic heterocycles. The van der Waals surface area contributed by atoms with E-state index >= 15 is 0 Å². The number of aromatic nitrogens is 6. The van der Waals surface area contributed by atoms with Crippen LogP contribution in [0.15, 0.2) is 69.0 Å². The molecule has 2 aromatic carbocycles. The van der Waals surface area contributed by atoms with Crippen molar-refractivity contribution in [3.05, 3.63) is 92.6 Å². The largest absolute Gasteiger partial charge is 0.439 e. The summed E-state index contributed by atoms with van der Waals surface area (Å²) in [5.74, 6) is 0.371. The fourth-order valence-electron chi connectivity index (χ4n) is 7.44. The van der Waals surface area contributed by atoms with E-state index < -0.39 is 11.4 Å². The van der Waals surface area contributed by atoms with E-state index in [0.717, 1.165) is 78.5 Å². The topological polar surface area (TPSA) is 141 Å². The number of ether oxygens (including phenoxy) is 1. The normalized spacial score (nSPS) is 21.8. The molecule has 1 saturated carbocycles. The minimum Gasteiger partial charge on any atom is -0.388 e. The Morgan fingerprint density at radius 3 is 2.39 bits per heavy atom. The SMILES string of the molecule is CCCc1c(Cc2ccc(-c3ccccc3-c3noc(=O)[nH]3)cc2)c(=O)n(C2CCC3(CC2)CCC(C(C)(C)O)O3)c2ncnn12. The maximum Gasteiger partial charge on any atom is 0.439 e. The van der Waals surface area contributed by atoms with E-state index in [1.165, 1.54) is 0 Å². The fourth-order valence-corrected chi connectivity index (χ4v) is 7.44. The zero-order valence-electron chi connectivity index (χ0n) is 26.5. The van der Waals surface area contributed by atoms with E-state index in [9.17, 15) is 14.7 Å². The summed E-state index contributed by atoms with van der Waals surface area (Å²) in [6.07, 6.45) is 8.50. The monoisotopic (exact) mass is 624 g/mol. The van der Waals surface area contributed by atoms with E-state index in [1.807, 2.05) is 71.5 Å². The number of rotatable bonds is 8. The number of nitrogens with one attached hydrogen (secondary N) is 1. The molecule has 0 amide bonds. The van der Waals surface area contributed by atoms with Gasteiger partial charge >= 0.3 is 5.76 Å². The van der Waals surface area contributed by atoms with Gasteiger partial charge < -0.3 is 9.84 Å². The average Bonchev–Trinajstić information content (AvgIpc) is 3.81. The molecule has 4 heterocycles. The summed E-state index contributed by atoms with van der Waals surface area (Å²) in [7, 11) is 0. The minimum atomic E-state index is -0.867. The van der Waals surface area contributed by atoms with Gasteiger partial charge in [-0.05, 0) is 75.5 Å². The number of fused-ring (bicyclic) bond motifs is 1. The summed E-state index contributed by atoms with van der Waals surface area (Å²) in [5.41, 5.74) is 4.18. The predicted molar refractivity (Wildman–Crippen MR) is 173 cm³/mol. The third-order valence-corrected chi connectivity index (χ3v) is 9.86. The van der Waals surface area contributed by atoms with Crippen LogP contribution in [0, 0.1) is 0 Å². The van der Waals surface area contributed by atoms with Gasteiger partial charge in [-0.3, -0.25) is 18.9 Å². The van der Waals surface area contributed by atoms with Crippen LogP contribution in [-0.2, 0) is 17.6 Å². The van der Waals surface area contributed by atoms with Crippen LogP contribution in [-0.4, -0.2) is 51.7 Å². The molecular weight excluding hydrogens is 584 g/mol. The molecule has 5 aromatic rings. The van der Waals surface area contributed by atoms with Crippen molar-refractivity contribution in [3.8, 4) is 22.5 Å². The molecule has 0 radical (unpaired) electrons. The van der Waals surface area contributed by atoms with Crippen LogP contribution in [0.2, 0.25) is 0 Å². The van der Waals surface area contributed by atoms with Crippen LogP contribution in [0.25, 0.3) is 28.3 Å². The van der Waals surface area contributed by atoms with Crippen molar-refractivity contribution in [1.29, 1.82) is 0 Å². The van der Waals surface area contributed by atoms with Crippen molar-refractivity contribution >= 4 is 5.78 Å². The van der Waals surface area contributed by atoms with Crippen LogP contribution in [0.3, 0.4) is 0 Å². The van der Waals surface area contributed by atoms with Gasteiger partial charge in [0.2, 0.25) is 5.78 Å². The van der Waals surface area contributed by atoms with E-state index in [2.05, 4.69) is 27.1 Å². The molecule has 2 N–H and O–H groups in total. The summed E-state index contributed by atoms with van der Waals surface area (Å²) in [5, 5.41) is 19.0. The highest BCUT2D eigenvalue weighted by molar-refractivity contribution is 5.80. The lowest BCUT2D eigenvalue weighted by molar-refractivity contribution is -0.135. The molecule has 2 fully saturated rings. The third kappa shape index (κ3) is 5.51. The Bertz CT molecular complexity index is 1970. The molecule has 1 atom stereocenters. The van der Waals surface area contributed by atoms with Gasteiger partial charge in [-0.2, -0.15) is 10.1 Å². The van der Waals surface area contributed by atoms with E-state index in [0.29, 0.717) is 24.4 Å². The van der Waals surface area contributed by atoms with Gasteiger partial charge in [-0.1, -0.05) is 67.0 Å². The van der Waals surface area contributed by atoms with Crippen molar-refractivity contribution in [2.75, 3.05) is 0 Å². The van der Waals surface area contributed by atoms with Crippen LogP contribution >= 0.6 is 0 Å². The van der Waals surface area contributed by atoms with Crippen LogP contribution < -0.4 is 11.3 Å². The average molecular weight is 625 g/mol. The highest BCUT2D eigenvalue weighted by Crippen LogP contribution is 2.47. The molecule has 1 saturated heterocycles. The number of nitrogens with zero attached hydrogens (tertiary/aromatic N) is 5. The Labute approximate surface area is 266 Å². The van der Waals surface area contributed by atoms with E-state index in [-0.39, 0.29) is 23.3 Å². The Kier molecular flexibility index (Phi) is 7.76. The second-order valence-electron chi connectivity index (χ2n) is 13.4. The van der Waals surface area contributed by atoms with Crippen molar-refractivity contribution in [2.24, 2.45) is 0 Å². The predicted octanol–water partition coefficient (Wildman–Crippen LogP) is 5.25. The highest BCUT2D eigenvalue weighted by atomic mass is 16.5. The summed E-state index contributed by atoms with van der Waals surface area (Å²) in [4.78, 5) is 33.2. The second kappa shape index (κ2) is 11.8. The first kappa shape index (κ1) is 30.3. The standard InChI is InChI=1S/C35H40N6O5/c1-4-7-28-27(20-22-10-12-23(13-11-22)25-8-5-6-9-26(25)30-38-33(43)46-39-30)31(42)40(32-36-21-37-41(28)32)24-14-17-35(18-15-24)19-16-29(45-35)34(2,3)44/h5-6,8-13,21,24,29,44H,4,7,14-20H2,1-3H3,(H,38,39,43). The maximum absolute atomic E-state index is 14.4. The van der Waals surface area contributed by atoms with Gasteiger partial charge in [0.15, 0.2) is 5.82 Å². The van der Waals surface area contributed by atoms with Gasteiger partial charge in [-0.25, -0.2) is 9.31 Å². The summed E-state index contributed by atoms with van der Waals surface area (Å²) < 4.78 is 15.0. The second-order valence-corrected chi connectivity index (χ2v) is 13.4. The molecule has 1 unspecified atom stereocenters. The summed E-state index contributed by atoms with van der Waals surface area (Å²) >= 11 is 0. The minimum absolute atomic E-state index is 0.00369. The molecular formula is C35H40N6O5. The smallest absolute Gasteiger partial charge is 0.388 e. The molecule has 46 heavy (non-hydrogen) atoms. The summed E-state index contributed by atoms with van der Waals surface area (Å²) in [6, 6.07) is 15.8. The first-order valence-corrected chi connectivity index (χ1v) is 16.3.